The summed E-state index contributed by atoms with van der Waals surface area (Å²) in [6, 6.07) is 2.28. The van der Waals surface area contributed by atoms with Crippen LogP contribution < -0.4 is 5.73 Å². The molecule has 1 aliphatic carbocycles. The molecule has 0 amide bonds. The second-order valence-electron chi connectivity index (χ2n) is 4.51. The van der Waals surface area contributed by atoms with Crippen molar-refractivity contribution in [2.24, 2.45) is 18.2 Å². The van der Waals surface area contributed by atoms with E-state index in [4.69, 9.17) is 11.0 Å². The molecule has 15 heavy (non-hydrogen) atoms. The van der Waals surface area contributed by atoms with E-state index in [1.54, 1.807) is 4.68 Å². The highest BCUT2D eigenvalue weighted by Crippen LogP contribution is 2.51. The molecule has 0 unspecified atom stereocenters. The van der Waals surface area contributed by atoms with Crippen LogP contribution in [-0.2, 0) is 12.6 Å². The maximum Gasteiger partial charge on any atom is 0.217 e. The zero-order valence-corrected chi connectivity index (χ0v) is 10.2. The van der Waals surface area contributed by atoms with E-state index in [9.17, 15) is 0 Å². The first-order valence-corrected chi connectivity index (χ1v) is 5.45. The SMILES string of the molecule is Cn1nc(Br)nc1C1(N)CC(C)(C#N)C1. The molecule has 0 aliphatic heterocycles. The Balaban J connectivity index is 2.28. The van der Waals surface area contributed by atoms with Crippen LogP contribution in [0, 0.1) is 16.7 Å². The molecule has 0 saturated heterocycles. The number of nitrogens with two attached hydrogens (primary N) is 1. The van der Waals surface area contributed by atoms with Gasteiger partial charge in [0.05, 0.1) is 17.0 Å². The molecule has 5 nitrogen and oxygen atoms in total. The Bertz CT molecular complexity index is 438. The Morgan fingerprint density at radius 2 is 2.20 bits per heavy atom. The second kappa shape index (κ2) is 3.03. The highest BCUT2D eigenvalue weighted by Gasteiger charge is 2.53. The van der Waals surface area contributed by atoms with Crippen LogP contribution in [0.25, 0.3) is 0 Å². The second-order valence-corrected chi connectivity index (χ2v) is 5.22. The van der Waals surface area contributed by atoms with Crippen molar-refractivity contribution in [3.8, 4) is 6.07 Å². The zero-order valence-electron chi connectivity index (χ0n) is 8.66. The fourth-order valence-corrected chi connectivity index (χ4v) is 2.77. The summed E-state index contributed by atoms with van der Waals surface area (Å²) in [7, 11) is 1.81. The molecule has 2 rings (SSSR count). The van der Waals surface area contributed by atoms with Crippen molar-refractivity contribution in [2.75, 3.05) is 0 Å². The third-order valence-corrected chi connectivity index (χ3v) is 3.20. The van der Waals surface area contributed by atoms with Gasteiger partial charge in [0, 0.05) is 7.05 Å². The van der Waals surface area contributed by atoms with Crippen LogP contribution in [0.2, 0.25) is 0 Å². The van der Waals surface area contributed by atoms with Crippen LogP contribution in [0.15, 0.2) is 4.73 Å². The van der Waals surface area contributed by atoms with E-state index in [-0.39, 0.29) is 5.41 Å². The predicted molar refractivity (Wildman–Crippen MR) is 57.5 cm³/mol. The van der Waals surface area contributed by atoms with Gasteiger partial charge in [0.15, 0.2) is 0 Å². The monoisotopic (exact) mass is 269 g/mol. The average molecular weight is 270 g/mol. The van der Waals surface area contributed by atoms with Crippen LogP contribution in [0.5, 0.6) is 0 Å². The summed E-state index contributed by atoms with van der Waals surface area (Å²) in [4.78, 5) is 4.24. The van der Waals surface area contributed by atoms with Gasteiger partial charge in [-0.2, -0.15) is 5.26 Å². The highest BCUT2D eigenvalue weighted by molar-refractivity contribution is 9.10. The largest absolute Gasteiger partial charge is 0.319 e. The number of rotatable bonds is 1. The van der Waals surface area contributed by atoms with Gasteiger partial charge in [-0.1, -0.05) is 0 Å². The highest BCUT2D eigenvalue weighted by atomic mass is 79.9. The Morgan fingerprint density at radius 3 is 2.60 bits per heavy atom. The first-order valence-electron chi connectivity index (χ1n) is 4.66. The van der Waals surface area contributed by atoms with Crippen molar-refractivity contribution < 1.29 is 0 Å². The molecular weight excluding hydrogens is 258 g/mol. The van der Waals surface area contributed by atoms with Gasteiger partial charge >= 0.3 is 0 Å². The summed E-state index contributed by atoms with van der Waals surface area (Å²) < 4.78 is 2.21. The van der Waals surface area contributed by atoms with E-state index in [1.807, 2.05) is 14.0 Å². The van der Waals surface area contributed by atoms with E-state index < -0.39 is 5.54 Å². The van der Waals surface area contributed by atoms with Gasteiger partial charge in [0.2, 0.25) is 4.73 Å². The third kappa shape index (κ3) is 1.56. The number of aromatic nitrogens is 3. The first kappa shape index (κ1) is 10.6. The van der Waals surface area contributed by atoms with Gasteiger partial charge in [-0.3, -0.25) is 4.68 Å². The van der Waals surface area contributed by atoms with Crippen LogP contribution in [0.4, 0.5) is 0 Å². The Hall–Kier alpha value is -0.930. The topological polar surface area (TPSA) is 80.5 Å². The molecule has 0 bridgehead atoms. The molecule has 0 radical (unpaired) electrons. The number of hydrogen-bond donors (Lipinski definition) is 1. The molecule has 80 valence electrons. The number of nitrogens with zero attached hydrogens (tertiary/aromatic N) is 4. The van der Waals surface area contributed by atoms with Crippen molar-refractivity contribution in [3.05, 3.63) is 10.6 Å². The van der Waals surface area contributed by atoms with Crippen molar-refractivity contribution in [3.63, 3.8) is 0 Å². The van der Waals surface area contributed by atoms with Gasteiger partial charge < -0.3 is 5.73 Å². The molecule has 1 aromatic heterocycles. The van der Waals surface area contributed by atoms with E-state index in [1.165, 1.54) is 0 Å². The van der Waals surface area contributed by atoms with Crippen LogP contribution in [-0.4, -0.2) is 14.8 Å². The average Bonchev–Trinajstić information content (AvgIpc) is 2.43. The summed E-state index contributed by atoms with van der Waals surface area (Å²) in [5, 5.41) is 13.0. The van der Waals surface area contributed by atoms with Gasteiger partial charge in [0.1, 0.15) is 5.82 Å². The smallest absolute Gasteiger partial charge is 0.217 e. The van der Waals surface area contributed by atoms with Gasteiger partial charge in [-0.25, -0.2) is 4.98 Å². The van der Waals surface area contributed by atoms with Crippen molar-refractivity contribution in [1.82, 2.24) is 14.8 Å². The molecular formula is C9H12BrN5. The lowest BCUT2D eigenvalue weighted by Gasteiger charge is -2.47. The van der Waals surface area contributed by atoms with Crippen molar-refractivity contribution >= 4 is 15.9 Å². The summed E-state index contributed by atoms with van der Waals surface area (Å²) in [6.45, 7) is 1.92. The van der Waals surface area contributed by atoms with Crippen molar-refractivity contribution in [1.29, 1.82) is 5.26 Å². The van der Waals surface area contributed by atoms with Crippen molar-refractivity contribution in [2.45, 2.75) is 25.3 Å². The fourth-order valence-electron chi connectivity index (χ4n) is 2.36. The standard InChI is InChI=1S/C9H12BrN5/c1-8(5-11)3-9(12,4-8)6-13-7(10)14-15(6)2/h3-4,12H2,1-2H3. The van der Waals surface area contributed by atoms with Gasteiger partial charge in [-0.15, -0.1) is 5.10 Å². The maximum absolute atomic E-state index is 8.94. The fraction of sp³-hybridized carbons (Fsp3) is 0.667. The lowest BCUT2D eigenvalue weighted by atomic mass is 9.59. The molecule has 0 spiro atoms. The van der Waals surface area contributed by atoms with Crippen LogP contribution >= 0.6 is 15.9 Å². The quantitative estimate of drug-likeness (QED) is 0.827. The van der Waals surface area contributed by atoms with E-state index in [2.05, 4.69) is 32.1 Å². The molecule has 0 aromatic carbocycles. The molecule has 1 fully saturated rings. The zero-order chi connectivity index (χ0) is 11.3. The minimum atomic E-state index is -0.502. The number of nitriles is 1. The maximum atomic E-state index is 8.94. The minimum absolute atomic E-state index is 0.312. The lowest BCUT2D eigenvalue weighted by Crippen LogP contribution is -2.55. The molecule has 0 atom stereocenters. The summed E-state index contributed by atoms with van der Waals surface area (Å²) >= 11 is 3.21. The molecule has 1 aromatic rings. The summed E-state index contributed by atoms with van der Waals surface area (Å²) in [5.74, 6) is 0.738. The molecule has 6 heteroatoms. The van der Waals surface area contributed by atoms with Gasteiger partial charge in [-0.05, 0) is 35.7 Å². The molecule has 1 saturated carbocycles. The molecule has 1 aliphatic rings. The Labute approximate surface area is 96.4 Å². The normalized spacial score (nSPS) is 34.6. The number of halogens is 1. The van der Waals surface area contributed by atoms with Crippen LogP contribution in [0.3, 0.4) is 0 Å². The Kier molecular flexibility index (Phi) is 2.14. The Morgan fingerprint density at radius 1 is 1.60 bits per heavy atom. The molecule has 2 N–H and O–H groups in total. The third-order valence-electron chi connectivity index (χ3n) is 2.86. The van der Waals surface area contributed by atoms with E-state index >= 15 is 0 Å². The number of hydrogen-bond acceptors (Lipinski definition) is 4. The first-order chi connectivity index (χ1) is 6.88. The summed E-state index contributed by atoms with van der Waals surface area (Å²) in [6.07, 6.45) is 1.27. The van der Waals surface area contributed by atoms with Gasteiger partial charge in [0.25, 0.3) is 0 Å². The molecule has 1 heterocycles. The summed E-state index contributed by atoms with van der Waals surface area (Å²) in [5.41, 5.74) is 5.38. The number of aryl methyl sites for hydroxylation is 1. The van der Waals surface area contributed by atoms with E-state index in [0.29, 0.717) is 17.6 Å². The lowest BCUT2D eigenvalue weighted by molar-refractivity contribution is 0.0861. The predicted octanol–water partition coefficient (Wildman–Crippen LogP) is 1.06. The minimum Gasteiger partial charge on any atom is -0.319 e. The van der Waals surface area contributed by atoms with E-state index in [0.717, 1.165) is 5.82 Å². The van der Waals surface area contributed by atoms with Crippen LogP contribution in [0.1, 0.15) is 25.6 Å².